The lowest BCUT2D eigenvalue weighted by Crippen LogP contribution is -2.31. The standard InChI is InChI=1S/C20H20F2N2O3/c21-20(22)27-17-10-4-1-7-14(17)13-23-11-5-6-12-24-18(25)15-8-2-3-9-16(15)19(24)26/h1-4,7-10,20,23H,5-6,11-13H2. The van der Waals surface area contributed by atoms with Gasteiger partial charge in [-0.1, -0.05) is 30.3 Å². The summed E-state index contributed by atoms with van der Waals surface area (Å²) in [6.07, 6.45) is 1.40. The average molecular weight is 374 g/mol. The van der Waals surface area contributed by atoms with Crippen LogP contribution in [0.1, 0.15) is 39.1 Å². The molecule has 3 rings (SSSR count). The number of rotatable bonds is 9. The smallest absolute Gasteiger partial charge is 0.387 e. The first-order chi connectivity index (χ1) is 13.1. The number of unbranched alkanes of at least 4 members (excludes halogenated alkanes) is 1. The van der Waals surface area contributed by atoms with Crippen molar-refractivity contribution in [1.82, 2.24) is 10.2 Å². The van der Waals surface area contributed by atoms with Gasteiger partial charge < -0.3 is 10.1 Å². The summed E-state index contributed by atoms with van der Waals surface area (Å²) in [5.74, 6) is -0.339. The van der Waals surface area contributed by atoms with Crippen molar-refractivity contribution in [2.75, 3.05) is 13.1 Å². The van der Waals surface area contributed by atoms with Crippen molar-refractivity contribution in [2.24, 2.45) is 0 Å². The molecule has 5 nitrogen and oxygen atoms in total. The van der Waals surface area contributed by atoms with E-state index in [0.717, 1.165) is 6.42 Å². The van der Waals surface area contributed by atoms with Crippen LogP contribution >= 0.6 is 0 Å². The maximum absolute atomic E-state index is 12.4. The maximum Gasteiger partial charge on any atom is 0.387 e. The molecule has 1 N–H and O–H groups in total. The van der Waals surface area contributed by atoms with Crippen LogP contribution in [0, 0.1) is 0 Å². The van der Waals surface area contributed by atoms with Crippen LogP contribution in [0.3, 0.4) is 0 Å². The summed E-state index contributed by atoms with van der Waals surface area (Å²) in [6, 6.07) is 13.4. The molecule has 1 aliphatic heterocycles. The Bertz CT molecular complexity index is 791. The van der Waals surface area contributed by atoms with Crippen molar-refractivity contribution in [3.05, 3.63) is 65.2 Å². The number of nitrogens with one attached hydrogen (secondary N) is 1. The fraction of sp³-hybridized carbons (Fsp3) is 0.300. The molecule has 142 valence electrons. The van der Waals surface area contributed by atoms with Gasteiger partial charge in [-0.05, 0) is 37.6 Å². The highest BCUT2D eigenvalue weighted by Gasteiger charge is 2.34. The van der Waals surface area contributed by atoms with Gasteiger partial charge in [0.05, 0.1) is 11.1 Å². The highest BCUT2D eigenvalue weighted by atomic mass is 19.3. The van der Waals surface area contributed by atoms with Crippen molar-refractivity contribution in [3.63, 3.8) is 0 Å². The number of para-hydroxylation sites is 1. The number of hydrogen-bond acceptors (Lipinski definition) is 4. The normalized spacial score (nSPS) is 13.4. The molecular formula is C20H20F2N2O3. The summed E-state index contributed by atoms with van der Waals surface area (Å²) in [5, 5.41) is 3.17. The van der Waals surface area contributed by atoms with Gasteiger partial charge in [0.25, 0.3) is 11.8 Å². The van der Waals surface area contributed by atoms with Gasteiger partial charge in [-0.3, -0.25) is 14.5 Å². The Balaban J connectivity index is 1.41. The number of amides is 2. The largest absolute Gasteiger partial charge is 0.434 e. The van der Waals surface area contributed by atoms with Gasteiger partial charge >= 0.3 is 6.61 Å². The number of halogens is 2. The monoisotopic (exact) mass is 374 g/mol. The molecule has 0 unspecified atom stereocenters. The number of carbonyl (C=O) groups is 2. The van der Waals surface area contributed by atoms with Gasteiger partial charge in [0.1, 0.15) is 5.75 Å². The Hall–Kier alpha value is -2.80. The summed E-state index contributed by atoms with van der Waals surface area (Å²) in [4.78, 5) is 25.8. The Labute approximate surface area is 155 Å². The third-order valence-electron chi connectivity index (χ3n) is 4.37. The molecule has 0 radical (unpaired) electrons. The highest BCUT2D eigenvalue weighted by molar-refractivity contribution is 6.21. The molecule has 0 saturated carbocycles. The van der Waals surface area contributed by atoms with E-state index in [1.165, 1.54) is 11.0 Å². The molecule has 2 aromatic rings. The van der Waals surface area contributed by atoms with E-state index in [4.69, 9.17) is 0 Å². The number of benzene rings is 2. The molecule has 1 aliphatic rings. The zero-order valence-corrected chi connectivity index (χ0v) is 14.7. The van der Waals surface area contributed by atoms with Crippen molar-refractivity contribution in [1.29, 1.82) is 0 Å². The third kappa shape index (κ3) is 4.49. The van der Waals surface area contributed by atoms with Gasteiger partial charge in [-0.2, -0.15) is 8.78 Å². The van der Waals surface area contributed by atoms with Crippen LogP contribution in [0.15, 0.2) is 48.5 Å². The molecule has 0 saturated heterocycles. The average Bonchev–Trinajstić information content (AvgIpc) is 2.90. The molecule has 27 heavy (non-hydrogen) atoms. The van der Waals surface area contributed by atoms with E-state index in [1.807, 2.05) is 0 Å². The van der Waals surface area contributed by atoms with Crippen LogP contribution in [-0.2, 0) is 6.54 Å². The summed E-state index contributed by atoms with van der Waals surface area (Å²) in [7, 11) is 0. The second-order valence-electron chi connectivity index (χ2n) is 6.18. The van der Waals surface area contributed by atoms with E-state index >= 15 is 0 Å². The van der Waals surface area contributed by atoms with E-state index < -0.39 is 6.61 Å². The van der Waals surface area contributed by atoms with Crippen molar-refractivity contribution in [2.45, 2.75) is 26.0 Å². The van der Waals surface area contributed by atoms with E-state index in [9.17, 15) is 18.4 Å². The second kappa shape index (κ2) is 8.73. The van der Waals surface area contributed by atoms with Crippen LogP contribution in [0.25, 0.3) is 0 Å². The number of hydrogen-bond donors (Lipinski definition) is 1. The summed E-state index contributed by atoms with van der Waals surface area (Å²) < 4.78 is 29.3. The van der Waals surface area contributed by atoms with Crippen LogP contribution in [0.4, 0.5) is 8.78 Å². The Morgan fingerprint density at radius 2 is 1.56 bits per heavy atom. The topological polar surface area (TPSA) is 58.6 Å². The van der Waals surface area contributed by atoms with E-state index in [1.54, 1.807) is 42.5 Å². The van der Waals surface area contributed by atoms with E-state index in [-0.39, 0.29) is 17.6 Å². The number of imide groups is 1. The molecule has 1 heterocycles. The minimum absolute atomic E-state index is 0.158. The molecule has 2 aromatic carbocycles. The summed E-state index contributed by atoms with van der Waals surface area (Å²) in [6.45, 7) is -1.47. The Morgan fingerprint density at radius 3 is 2.22 bits per heavy atom. The lowest BCUT2D eigenvalue weighted by atomic mass is 10.1. The summed E-state index contributed by atoms with van der Waals surface area (Å²) >= 11 is 0. The predicted octanol–water partition coefficient (Wildman–Crippen LogP) is 3.45. The molecule has 0 aromatic heterocycles. The number of carbonyl (C=O) groups excluding carboxylic acids is 2. The highest BCUT2D eigenvalue weighted by Crippen LogP contribution is 2.23. The molecule has 0 fully saturated rings. The number of alkyl halides is 2. The third-order valence-corrected chi connectivity index (χ3v) is 4.37. The first kappa shape index (κ1) is 19.0. The molecule has 0 aliphatic carbocycles. The molecule has 0 bridgehead atoms. The van der Waals surface area contributed by atoms with E-state index in [2.05, 4.69) is 10.1 Å². The minimum Gasteiger partial charge on any atom is -0.434 e. The number of nitrogens with zero attached hydrogens (tertiary/aromatic N) is 1. The van der Waals surface area contributed by atoms with Gasteiger partial charge in [0.15, 0.2) is 0 Å². The fourth-order valence-electron chi connectivity index (χ4n) is 3.05. The zero-order chi connectivity index (χ0) is 19.2. The van der Waals surface area contributed by atoms with E-state index in [0.29, 0.717) is 42.7 Å². The van der Waals surface area contributed by atoms with Crippen molar-refractivity contribution < 1.29 is 23.1 Å². The van der Waals surface area contributed by atoms with Gasteiger partial charge in [0.2, 0.25) is 0 Å². The molecule has 2 amide bonds. The lowest BCUT2D eigenvalue weighted by Gasteiger charge is -2.14. The van der Waals surface area contributed by atoms with Crippen molar-refractivity contribution >= 4 is 11.8 Å². The minimum atomic E-state index is -2.86. The fourth-order valence-corrected chi connectivity index (χ4v) is 3.05. The quantitative estimate of drug-likeness (QED) is 0.540. The molecule has 0 atom stereocenters. The molecular weight excluding hydrogens is 354 g/mol. The predicted molar refractivity (Wildman–Crippen MR) is 95.8 cm³/mol. The molecule has 0 spiro atoms. The second-order valence-corrected chi connectivity index (χ2v) is 6.18. The lowest BCUT2D eigenvalue weighted by molar-refractivity contribution is -0.0505. The van der Waals surface area contributed by atoms with Gasteiger partial charge in [-0.15, -0.1) is 0 Å². The maximum atomic E-state index is 12.4. The molecule has 7 heteroatoms. The Kier molecular flexibility index (Phi) is 6.13. The van der Waals surface area contributed by atoms with Crippen LogP contribution in [-0.4, -0.2) is 36.4 Å². The van der Waals surface area contributed by atoms with Crippen LogP contribution in [0.2, 0.25) is 0 Å². The zero-order valence-electron chi connectivity index (χ0n) is 14.7. The number of ether oxygens (including phenoxy) is 1. The summed E-state index contributed by atoms with van der Waals surface area (Å²) in [5.41, 5.74) is 1.56. The van der Waals surface area contributed by atoms with Crippen molar-refractivity contribution in [3.8, 4) is 5.75 Å². The first-order valence-corrected chi connectivity index (χ1v) is 8.76. The van der Waals surface area contributed by atoms with Gasteiger partial charge in [0, 0.05) is 18.7 Å². The number of fused-ring (bicyclic) bond motifs is 1. The SMILES string of the molecule is O=C1c2ccccc2C(=O)N1CCCCNCc1ccccc1OC(F)F. The van der Waals surface area contributed by atoms with Gasteiger partial charge in [-0.25, -0.2) is 0 Å². The Morgan fingerprint density at radius 1 is 0.926 bits per heavy atom. The van der Waals surface area contributed by atoms with Crippen LogP contribution in [0.5, 0.6) is 5.75 Å². The van der Waals surface area contributed by atoms with Crippen LogP contribution < -0.4 is 10.1 Å². The first-order valence-electron chi connectivity index (χ1n) is 8.76.